The summed E-state index contributed by atoms with van der Waals surface area (Å²) >= 11 is 3.95. The maximum atomic E-state index is 12.5. The normalized spacial score (nSPS) is 32.9. The molecule has 0 aromatic rings. The van der Waals surface area contributed by atoms with E-state index in [4.69, 9.17) is 0 Å². The van der Waals surface area contributed by atoms with Gasteiger partial charge in [-0.3, -0.25) is 9.59 Å². The zero-order valence-corrected chi connectivity index (χ0v) is 12.6. The monoisotopic (exact) mass is 300 g/mol. The van der Waals surface area contributed by atoms with Crippen molar-refractivity contribution in [2.75, 3.05) is 30.3 Å². The van der Waals surface area contributed by atoms with Gasteiger partial charge in [0.15, 0.2) is 0 Å². The Bertz CT molecular complexity index is 368. The van der Waals surface area contributed by atoms with Gasteiger partial charge in [-0.05, 0) is 18.8 Å². The van der Waals surface area contributed by atoms with Crippen LogP contribution in [0.4, 0.5) is 0 Å². The van der Waals surface area contributed by atoms with Crippen LogP contribution in [0.2, 0.25) is 0 Å². The number of hydrogen-bond donors (Lipinski definition) is 1. The SMILES string of the molecule is O=C1CCN(CC2CSCCS2)C(=O)C(C2CC2)N1. The molecule has 0 spiro atoms. The summed E-state index contributed by atoms with van der Waals surface area (Å²) in [6.07, 6.45) is 2.62. The minimum absolute atomic E-state index is 0.0402. The predicted octanol–water partition coefficient (Wildman–Crippen LogP) is 0.962. The van der Waals surface area contributed by atoms with Gasteiger partial charge < -0.3 is 10.2 Å². The van der Waals surface area contributed by atoms with Gasteiger partial charge in [0.1, 0.15) is 6.04 Å². The third kappa shape index (κ3) is 3.40. The molecule has 3 fully saturated rings. The third-order valence-electron chi connectivity index (χ3n) is 3.91. The van der Waals surface area contributed by atoms with Gasteiger partial charge in [0.25, 0.3) is 0 Å². The summed E-state index contributed by atoms with van der Waals surface area (Å²) in [5.41, 5.74) is 0. The highest BCUT2D eigenvalue weighted by Gasteiger charge is 2.41. The minimum Gasteiger partial charge on any atom is -0.344 e. The first-order valence-corrected chi connectivity index (χ1v) is 9.22. The lowest BCUT2D eigenvalue weighted by atomic mass is 10.1. The molecule has 3 rings (SSSR count). The summed E-state index contributed by atoms with van der Waals surface area (Å²) < 4.78 is 0. The number of amides is 2. The first kappa shape index (κ1) is 13.6. The van der Waals surface area contributed by atoms with Gasteiger partial charge >= 0.3 is 0 Å². The fourth-order valence-corrected chi connectivity index (χ4v) is 5.35. The zero-order valence-electron chi connectivity index (χ0n) is 11.0. The summed E-state index contributed by atoms with van der Waals surface area (Å²) in [4.78, 5) is 26.2. The predicted molar refractivity (Wildman–Crippen MR) is 79.4 cm³/mol. The van der Waals surface area contributed by atoms with E-state index in [9.17, 15) is 9.59 Å². The molecule has 2 aliphatic heterocycles. The van der Waals surface area contributed by atoms with Crippen molar-refractivity contribution in [1.82, 2.24) is 10.2 Å². The Morgan fingerprint density at radius 1 is 1.26 bits per heavy atom. The van der Waals surface area contributed by atoms with Crippen LogP contribution < -0.4 is 5.32 Å². The standard InChI is InChI=1S/C13H20N2O2S2/c16-11-3-4-15(7-10-8-18-5-6-19-10)13(17)12(14-11)9-1-2-9/h9-10,12H,1-8H2,(H,14,16). The molecule has 19 heavy (non-hydrogen) atoms. The molecule has 0 aromatic carbocycles. The van der Waals surface area contributed by atoms with E-state index in [-0.39, 0.29) is 17.9 Å². The molecule has 2 saturated heterocycles. The Balaban J connectivity index is 1.64. The van der Waals surface area contributed by atoms with Crippen LogP contribution in [0.5, 0.6) is 0 Å². The zero-order chi connectivity index (χ0) is 13.2. The van der Waals surface area contributed by atoms with Gasteiger partial charge in [-0.25, -0.2) is 0 Å². The van der Waals surface area contributed by atoms with Crippen molar-refractivity contribution in [3.05, 3.63) is 0 Å². The van der Waals surface area contributed by atoms with E-state index < -0.39 is 0 Å². The second kappa shape index (κ2) is 5.95. The molecule has 106 valence electrons. The Hall–Kier alpha value is -0.360. The Morgan fingerprint density at radius 2 is 2.11 bits per heavy atom. The smallest absolute Gasteiger partial charge is 0.245 e. The first-order valence-electron chi connectivity index (χ1n) is 7.01. The topological polar surface area (TPSA) is 49.4 Å². The minimum atomic E-state index is -0.240. The van der Waals surface area contributed by atoms with Gasteiger partial charge in [-0.15, -0.1) is 0 Å². The molecule has 1 N–H and O–H groups in total. The highest BCUT2D eigenvalue weighted by atomic mass is 32.2. The number of carbonyl (C=O) groups excluding carboxylic acids is 2. The van der Waals surface area contributed by atoms with Crippen LogP contribution in [0.15, 0.2) is 0 Å². The number of thioether (sulfide) groups is 2. The van der Waals surface area contributed by atoms with E-state index in [2.05, 4.69) is 5.32 Å². The maximum absolute atomic E-state index is 12.5. The second-order valence-corrected chi connectivity index (χ2v) is 8.04. The Morgan fingerprint density at radius 3 is 2.79 bits per heavy atom. The Kier molecular flexibility index (Phi) is 4.27. The second-order valence-electron chi connectivity index (χ2n) is 5.48. The number of carbonyl (C=O) groups is 2. The van der Waals surface area contributed by atoms with Crippen molar-refractivity contribution >= 4 is 35.3 Å². The lowest BCUT2D eigenvalue weighted by Crippen LogP contribution is -2.48. The number of nitrogens with zero attached hydrogens (tertiary/aromatic N) is 1. The molecule has 0 bridgehead atoms. The molecule has 3 aliphatic rings. The van der Waals surface area contributed by atoms with Gasteiger partial charge in [0.05, 0.1) is 0 Å². The summed E-state index contributed by atoms with van der Waals surface area (Å²) in [6, 6.07) is -0.240. The number of nitrogens with one attached hydrogen (secondary N) is 1. The largest absolute Gasteiger partial charge is 0.344 e. The average Bonchev–Trinajstić information content (AvgIpc) is 3.25. The molecule has 0 aromatic heterocycles. The molecule has 1 saturated carbocycles. The lowest BCUT2D eigenvalue weighted by Gasteiger charge is -2.29. The highest BCUT2D eigenvalue weighted by Crippen LogP contribution is 2.34. The molecule has 4 nitrogen and oxygen atoms in total. The van der Waals surface area contributed by atoms with Crippen molar-refractivity contribution in [3.63, 3.8) is 0 Å². The fraction of sp³-hybridized carbons (Fsp3) is 0.846. The van der Waals surface area contributed by atoms with Gasteiger partial charge in [-0.1, -0.05) is 0 Å². The molecular weight excluding hydrogens is 280 g/mol. The Labute approximate surface area is 122 Å². The van der Waals surface area contributed by atoms with Gasteiger partial charge in [0, 0.05) is 42.0 Å². The van der Waals surface area contributed by atoms with Crippen LogP contribution in [-0.2, 0) is 9.59 Å². The quantitative estimate of drug-likeness (QED) is 0.843. The molecule has 2 unspecified atom stereocenters. The molecule has 2 heterocycles. The van der Waals surface area contributed by atoms with E-state index in [0.29, 0.717) is 24.1 Å². The van der Waals surface area contributed by atoms with Crippen molar-refractivity contribution in [1.29, 1.82) is 0 Å². The number of rotatable bonds is 3. The van der Waals surface area contributed by atoms with Crippen LogP contribution in [0.1, 0.15) is 19.3 Å². The van der Waals surface area contributed by atoms with Crippen LogP contribution in [0, 0.1) is 5.92 Å². The summed E-state index contributed by atoms with van der Waals surface area (Å²) in [5, 5.41) is 3.45. The summed E-state index contributed by atoms with van der Waals surface area (Å²) in [6.45, 7) is 1.41. The van der Waals surface area contributed by atoms with E-state index in [1.54, 1.807) is 0 Å². The van der Waals surface area contributed by atoms with E-state index in [0.717, 1.165) is 25.1 Å². The van der Waals surface area contributed by atoms with Crippen molar-refractivity contribution in [3.8, 4) is 0 Å². The van der Waals surface area contributed by atoms with Crippen LogP contribution in [-0.4, -0.2) is 58.4 Å². The van der Waals surface area contributed by atoms with Gasteiger partial charge in [-0.2, -0.15) is 23.5 Å². The highest BCUT2D eigenvalue weighted by molar-refractivity contribution is 8.06. The van der Waals surface area contributed by atoms with E-state index in [1.807, 2.05) is 28.4 Å². The third-order valence-corrected chi connectivity index (χ3v) is 6.73. The summed E-state index contributed by atoms with van der Waals surface area (Å²) in [5.74, 6) is 4.12. The molecular formula is C13H20N2O2S2. The lowest BCUT2D eigenvalue weighted by molar-refractivity contribution is -0.134. The fourth-order valence-electron chi connectivity index (χ4n) is 2.67. The van der Waals surface area contributed by atoms with Gasteiger partial charge in [0.2, 0.25) is 11.8 Å². The van der Waals surface area contributed by atoms with Crippen molar-refractivity contribution < 1.29 is 9.59 Å². The molecule has 1 aliphatic carbocycles. The first-order chi connectivity index (χ1) is 9.24. The van der Waals surface area contributed by atoms with Crippen LogP contribution in [0.3, 0.4) is 0 Å². The molecule has 2 amide bonds. The van der Waals surface area contributed by atoms with Crippen LogP contribution in [0.25, 0.3) is 0 Å². The molecule has 0 radical (unpaired) electrons. The summed E-state index contributed by atoms with van der Waals surface area (Å²) in [7, 11) is 0. The maximum Gasteiger partial charge on any atom is 0.245 e. The van der Waals surface area contributed by atoms with E-state index >= 15 is 0 Å². The average molecular weight is 300 g/mol. The van der Waals surface area contributed by atoms with Crippen molar-refractivity contribution in [2.45, 2.75) is 30.6 Å². The van der Waals surface area contributed by atoms with E-state index in [1.165, 1.54) is 11.5 Å². The van der Waals surface area contributed by atoms with Crippen LogP contribution >= 0.6 is 23.5 Å². The molecule has 2 atom stereocenters. The van der Waals surface area contributed by atoms with Crippen molar-refractivity contribution in [2.24, 2.45) is 5.92 Å². The molecule has 6 heteroatoms. The number of hydrogen-bond acceptors (Lipinski definition) is 4.